The third-order valence-corrected chi connectivity index (χ3v) is 2.50. The average Bonchev–Trinajstić information content (AvgIpc) is 3.01. The fraction of sp³-hybridized carbons (Fsp3) is 0.545. The Morgan fingerprint density at radius 2 is 2.20 bits per heavy atom. The second-order valence-corrected chi connectivity index (χ2v) is 4.05. The molecular formula is C11H17N3O. The molecular weight excluding hydrogens is 190 g/mol. The predicted octanol–water partition coefficient (Wildman–Crippen LogP) is 1.15. The molecule has 1 aliphatic rings. The minimum absolute atomic E-state index is 0.384. The van der Waals surface area contributed by atoms with Gasteiger partial charge in [-0.25, -0.2) is 0 Å². The molecule has 0 spiro atoms. The summed E-state index contributed by atoms with van der Waals surface area (Å²) < 4.78 is 5.77. The lowest BCUT2D eigenvalue weighted by molar-refractivity contribution is 0.299. The Morgan fingerprint density at radius 1 is 1.47 bits per heavy atom. The SMILES string of the molecule is CN(C)c1cncc(OC2CC2)c1CN. The highest BCUT2D eigenvalue weighted by Crippen LogP contribution is 2.32. The van der Waals surface area contributed by atoms with Gasteiger partial charge >= 0.3 is 0 Å². The van der Waals surface area contributed by atoms with Crippen LogP contribution < -0.4 is 15.4 Å². The van der Waals surface area contributed by atoms with Gasteiger partial charge in [-0.3, -0.25) is 4.98 Å². The van der Waals surface area contributed by atoms with Gasteiger partial charge in [0.25, 0.3) is 0 Å². The van der Waals surface area contributed by atoms with Crippen molar-refractivity contribution in [2.45, 2.75) is 25.5 Å². The number of hydrogen-bond donors (Lipinski definition) is 1. The maximum atomic E-state index is 5.77. The van der Waals surface area contributed by atoms with Gasteiger partial charge in [-0.15, -0.1) is 0 Å². The van der Waals surface area contributed by atoms with Gasteiger partial charge in [-0.1, -0.05) is 0 Å². The third kappa shape index (κ3) is 2.21. The van der Waals surface area contributed by atoms with Crippen LogP contribution in [0.25, 0.3) is 0 Å². The molecule has 0 unspecified atom stereocenters. The molecule has 0 radical (unpaired) electrons. The van der Waals surface area contributed by atoms with Crippen molar-refractivity contribution in [1.82, 2.24) is 4.98 Å². The molecule has 82 valence electrons. The molecule has 15 heavy (non-hydrogen) atoms. The van der Waals surface area contributed by atoms with Crippen molar-refractivity contribution in [3.63, 3.8) is 0 Å². The first kappa shape index (κ1) is 10.2. The Balaban J connectivity index is 2.30. The van der Waals surface area contributed by atoms with Crippen LogP contribution in [0.4, 0.5) is 5.69 Å². The summed E-state index contributed by atoms with van der Waals surface area (Å²) in [6.45, 7) is 0.484. The Labute approximate surface area is 90.0 Å². The molecule has 4 nitrogen and oxygen atoms in total. The molecule has 0 aromatic carbocycles. The Hall–Kier alpha value is -1.29. The highest BCUT2D eigenvalue weighted by molar-refractivity contribution is 5.56. The van der Waals surface area contributed by atoms with Crippen molar-refractivity contribution in [3.8, 4) is 5.75 Å². The fourth-order valence-electron chi connectivity index (χ4n) is 1.52. The van der Waals surface area contributed by atoms with Crippen molar-refractivity contribution >= 4 is 5.69 Å². The minimum Gasteiger partial charge on any atom is -0.488 e. The summed E-state index contributed by atoms with van der Waals surface area (Å²) in [5.74, 6) is 0.839. The van der Waals surface area contributed by atoms with Crippen LogP contribution in [0.1, 0.15) is 18.4 Å². The minimum atomic E-state index is 0.384. The van der Waals surface area contributed by atoms with Crippen molar-refractivity contribution < 1.29 is 4.74 Å². The number of anilines is 1. The molecule has 1 saturated carbocycles. The van der Waals surface area contributed by atoms with Gasteiger partial charge < -0.3 is 15.4 Å². The van der Waals surface area contributed by atoms with Crippen LogP contribution in [-0.2, 0) is 6.54 Å². The maximum Gasteiger partial charge on any atom is 0.144 e. The number of nitrogens with two attached hydrogens (primary N) is 1. The molecule has 1 aliphatic carbocycles. The number of hydrogen-bond acceptors (Lipinski definition) is 4. The number of aromatic nitrogens is 1. The van der Waals surface area contributed by atoms with E-state index in [1.807, 2.05) is 25.2 Å². The van der Waals surface area contributed by atoms with E-state index in [1.165, 1.54) is 0 Å². The summed E-state index contributed by atoms with van der Waals surface area (Å²) >= 11 is 0. The lowest BCUT2D eigenvalue weighted by atomic mass is 10.2. The van der Waals surface area contributed by atoms with Crippen LogP contribution >= 0.6 is 0 Å². The first-order valence-electron chi connectivity index (χ1n) is 5.23. The van der Waals surface area contributed by atoms with E-state index in [0.29, 0.717) is 12.6 Å². The molecule has 2 N–H and O–H groups in total. The van der Waals surface area contributed by atoms with Gasteiger partial charge in [0, 0.05) is 26.2 Å². The highest BCUT2D eigenvalue weighted by atomic mass is 16.5. The number of pyridine rings is 1. The van der Waals surface area contributed by atoms with E-state index in [0.717, 1.165) is 29.8 Å². The second kappa shape index (κ2) is 4.06. The summed E-state index contributed by atoms with van der Waals surface area (Å²) in [5, 5.41) is 0. The van der Waals surface area contributed by atoms with Gasteiger partial charge in [0.05, 0.1) is 24.2 Å². The Bertz CT molecular complexity index is 348. The van der Waals surface area contributed by atoms with Crippen LogP contribution in [0.3, 0.4) is 0 Å². The van der Waals surface area contributed by atoms with E-state index in [9.17, 15) is 0 Å². The van der Waals surface area contributed by atoms with Crippen molar-refractivity contribution in [2.75, 3.05) is 19.0 Å². The van der Waals surface area contributed by atoms with Crippen molar-refractivity contribution in [3.05, 3.63) is 18.0 Å². The largest absolute Gasteiger partial charge is 0.488 e. The van der Waals surface area contributed by atoms with E-state index in [4.69, 9.17) is 10.5 Å². The Morgan fingerprint density at radius 3 is 2.73 bits per heavy atom. The van der Waals surface area contributed by atoms with Crippen LogP contribution in [0, 0.1) is 0 Å². The predicted molar refractivity (Wildman–Crippen MR) is 60.1 cm³/mol. The van der Waals surface area contributed by atoms with Gasteiger partial charge in [0.1, 0.15) is 5.75 Å². The zero-order valence-corrected chi connectivity index (χ0v) is 9.23. The fourth-order valence-corrected chi connectivity index (χ4v) is 1.52. The summed E-state index contributed by atoms with van der Waals surface area (Å²) in [6, 6.07) is 0. The molecule has 1 heterocycles. The standard InChI is InChI=1S/C11H17N3O/c1-14(2)10-6-13-7-11(9(10)5-12)15-8-3-4-8/h6-8H,3-5,12H2,1-2H3. The zero-order valence-electron chi connectivity index (χ0n) is 9.23. The zero-order chi connectivity index (χ0) is 10.8. The second-order valence-electron chi connectivity index (χ2n) is 4.05. The third-order valence-electron chi connectivity index (χ3n) is 2.50. The number of rotatable bonds is 4. The monoisotopic (exact) mass is 207 g/mol. The van der Waals surface area contributed by atoms with E-state index in [2.05, 4.69) is 4.98 Å². The topological polar surface area (TPSA) is 51.4 Å². The molecule has 0 atom stereocenters. The summed E-state index contributed by atoms with van der Waals surface area (Å²) in [6.07, 6.45) is 6.26. The molecule has 1 aromatic heterocycles. The van der Waals surface area contributed by atoms with Gasteiger partial charge in [-0.05, 0) is 12.8 Å². The summed E-state index contributed by atoms with van der Waals surface area (Å²) in [5.41, 5.74) is 7.83. The number of nitrogens with zero attached hydrogens (tertiary/aromatic N) is 2. The van der Waals surface area contributed by atoms with E-state index >= 15 is 0 Å². The molecule has 0 aliphatic heterocycles. The Kier molecular flexibility index (Phi) is 2.77. The number of ether oxygens (including phenoxy) is 1. The molecule has 4 heteroatoms. The molecule has 1 aromatic rings. The maximum absolute atomic E-state index is 5.77. The lowest BCUT2D eigenvalue weighted by Crippen LogP contribution is -2.15. The normalized spacial score (nSPS) is 15.1. The van der Waals surface area contributed by atoms with Crippen LogP contribution in [0.2, 0.25) is 0 Å². The quantitative estimate of drug-likeness (QED) is 0.804. The van der Waals surface area contributed by atoms with E-state index in [-0.39, 0.29) is 0 Å². The molecule has 1 fully saturated rings. The smallest absolute Gasteiger partial charge is 0.144 e. The first-order chi connectivity index (χ1) is 7.22. The molecule has 2 rings (SSSR count). The van der Waals surface area contributed by atoms with Crippen LogP contribution in [-0.4, -0.2) is 25.2 Å². The summed E-state index contributed by atoms with van der Waals surface area (Å²) in [4.78, 5) is 6.18. The van der Waals surface area contributed by atoms with Gasteiger partial charge in [0.2, 0.25) is 0 Å². The van der Waals surface area contributed by atoms with Crippen LogP contribution in [0.15, 0.2) is 12.4 Å². The first-order valence-corrected chi connectivity index (χ1v) is 5.23. The van der Waals surface area contributed by atoms with E-state index in [1.54, 1.807) is 6.20 Å². The van der Waals surface area contributed by atoms with E-state index < -0.39 is 0 Å². The summed E-state index contributed by atoms with van der Waals surface area (Å²) in [7, 11) is 3.97. The van der Waals surface area contributed by atoms with Gasteiger partial charge in [-0.2, -0.15) is 0 Å². The van der Waals surface area contributed by atoms with Crippen molar-refractivity contribution in [2.24, 2.45) is 5.73 Å². The van der Waals surface area contributed by atoms with Crippen molar-refractivity contribution in [1.29, 1.82) is 0 Å². The molecule has 0 bridgehead atoms. The molecule has 0 saturated heterocycles. The molecule has 0 amide bonds. The van der Waals surface area contributed by atoms with Gasteiger partial charge in [0.15, 0.2) is 0 Å². The lowest BCUT2D eigenvalue weighted by Gasteiger charge is -2.18. The highest BCUT2D eigenvalue weighted by Gasteiger charge is 2.25. The van der Waals surface area contributed by atoms with Crippen LogP contribution in [0.5, 0.6) is 5.75 Å². The average molecular weight is 207 g/mol.